The van der Waals surface area contributed by atoms with Crippen molar-refractivity contribution >= 4 is 0 Å². The Morgan fingerprint density at radius 3 is 2.28 bits per heavy atom. The Morgan fingerprint density at radius 2 is 1.61 bits per heavy atom. The zero-order valence-corrected chi connectivity index (χ0v) is 11.3. The van der Waals surface area contributed by atoms with Crippen molar-refractivity contribution in [2.75, 3.05) is 0 Å². The molecule has 0 amide bonds. The fraction of sp³-hybridized carbons (Fsp3) is 0.294. The smallest absolute Gasteiger partial charge is 0.126 e. The molecule has 0 aliphatic heterocycles. The van der Waals surface area contributed by atoms with Crippen LogP contribution in [0.4, 0.5) is 4.39 Å². The average Bonchev–Trinajstić information content (AvgIpc) is 2.32. The number of hydrogen-bond donors (Lipinski definition) is 0. The highest BCUT2D eigenvalue weighted by atomic mass is 19.1. The third kappa shape index (κ3) is 2.98. The number of hydrogen-bond acceptors (Lipinski definition) is 0. The molecular weight excluding hydrogens is 223 g/mol. The van der Waals surface area contributed by atoms with Crippen molar-refractivity contribution in [1.82, 2.24) is 0 Å². The molecule has 0 saturated carbocycles. The summed E-state index contributed by atoms with van der Waals surface area (Å²) in [6.07, 6.45) is 1.86. The standard InChI is InChI=1S/C17H19F/c1-12-4-8-16(14(3)10-12)9-7-15-6-5-13(2)17(18)11-15/h4-6,8,10-11H,7,9H2,1-3H3. The average molecular weight is 242 g/mol. The fourth-order valence-electron chi connectivity index (χ4n) is 2.20. The van der Waals surface area contributed by atoms with Crippen molar-refractivity contribution in [2.45, 2.75) is 33.6 Å². The first-order valence-electron chi connectivity index (χ1n) is 6.37. The van der Waals surface area contributed by atoms with Crippen molar-refractivity contribution in [1.29, 1.82) is 0 Å². The van der Waals surface area contributed by atoms with Gasteiger partial charge in [-0.25, -0.2) is 4.39 Å². The van der Waals surface area contributed by atoms with Gasteiger partial charge < -0.3 is 0 Å². The van der Waals surface area contributed by atoms with Crippen LogP contribution in [-0.2, 0) is 12.8 Å². The molecule has 18 heavy (non-hydrogen) atoms. The van der Waals surface area contributed by atoms with E-state index in [-0.39, 0.29) is 5.82 Å². The molecule has 0 aliphatic carbocycles. The molecule has 0 aromatic heterocycles. The Bertz CT molecular complexity index is 556. The van der Waals surface area contributed by atoms with E-state index in [2.05, 4.69) is 32.0 Å². The summed E-state index contributed by atoms with van der Waals surface area (Å²) in [6, 6.07) is 12.0. The molecule has 2 aromatic rings. The predicted molar refractivity (Wildman–Crippen MR) is 74.5 cm³/mol. The minimum absolute atomic E-state index is 0.104. The van der Waals surface area contributed by atoms with E-state index in [0.717, 1.165) is 18.4 Å². The lowest BCUT2D eigenvalue weighted by Gasteiger charge is -2.07. The monoisotopic (exact) mass is 242 g/mol. The van der Waals surface area contributed by atoms with E-state index < -0.39 is 0 Å². The van der Waals surface area contributed by atoms with Crippen LogP contribution in [0, 0.1) is 26.6 Å². The lowest BCUT2D eigenvalue weighted by atomic mass is 9.98. The topological polar surface area (TPSA) is 0 Å². The van der Waals surface area contributed by atoms with Crippen molar-refractivity contribution in [3.63, 3.8) is 0 Å². The second-order valence-corrected chi connectivity index (χ2v) is 5.01. The fourth-order valence-corrected chi connectivity index (χ4v) is 2.20. The Labute approximate surface area is 108 Å². The SMILES string of the molecule is Cc1ccc(CCc2ccc(C)c(F)c2)c(C)c1. The summed E-state index contributed by atoms with van der Waals surface area (Å²) in [7, 11) is 0. The molecule has 0 saturated heterocycles. The van der Waals surface area contributed by atoms with E-state index >= 15 is 0 Å². The first-order valence-corrected chi connectivity index (χ1v) is 6.37. The zero-order valence-electron chi connectivity index (χ0n) is 11.3. The van der Waals surface area contributed by atoms with Crippen molar-refractivity contribution in [2.24, 2.45) is 0 Å². The van der Waals surface area contributed by atoms with E-state index in [1.54, 1.807) is 13.0 Å². The quantitative estimate of drug-likeness (QED) is 0.741. The molecule has 0 heterocycles. The summed E-state index contributed by atoms with van der Waals surface area (Å²) in [5.74, 6) is -0.104. The third-order valence-corrected chi connectivity index (χ3v) is 3.42. The van der Waals surface area contributed by atoms with Crippen LogP contribution in [-0.4, -0.2) is 0 Å². The van der Waals surface area contributed by atoms with Gasteiger partial charge in [0.1, 0.15) is 5.82 Å². The molecule has 0 fully saturated rings. The molecular formula is C17H19F. The highest BCUT2D eigenvalue weighted by Gasteiger charge is 2.02. The first-order chi connectivity index (χ1) is 8.56. The Balaban J connectivity index is 2.09. The second kappa shape index (κ2) is 5.34. The van der Waals surface area contributed by atoms with Gasteiger partial charge in [0.25, 0.3) is 0 Å². The number of aryl methyl sites for hydroxylation is 5. The zero-order chi connectivity index (χ0) is 13.1. The van der Waals surface area contributed by atoms with Gasteiger partial charge in [-0.05, 0) is 61.9 Å². The minimum Gasteiger partial charge on any atom is -0.207 e. The predicted octanol–water partition coefficient (Wildman–Crippen LogP) is 4.54. The van der Waals surface area contributed by atoms with Gasteiger partial charge in [0, 0.05) is 0 Å². The van der Waals surface area contributed by atoms with Gasteiger partial charge in [0.05, 0.1) is 0 Å². The van der Waals surface area contributed by atoms with Crippen LogP contribution in [0.1, 0.15) is 27.8 Å². The van der Waals surface area contributed by atoms with Crippen molar-refractivity contribution in [3.05, 3.63) is 70.0 Å². The summed E-state index contributed by atoms with van der Waals surface area (Å²) in [4.78, 5) is 0. The highest BCUT2D eigenvalue weighted by molar-refractivity contribution is 5.32. The largest absolute Gasteiger partial charge is 0.207 e. The lowest BCUT2D eigenvalue weighted by Crippen LogP contribution is -1.96. The summed E-state index contributed by atoms with van der Waals surface area (Å²) >= 11 is 0. The Kier molecular flexibility index (Phi) is 3.81. The molecule has 0 aliphatic rings. The van der Waals surface area contributed by atoms with Crippen LogP contribution in [0.25, 0.3) is 0 Å². The molecule has 0 bridgehead atoms. The summed E-state index contributed by atoms with van der Waals surface area (Å²) < 4.78 is 13.4. The summed E-state index contributed by atoms with van der Waals surface area (Å²) in [6.45, 7) is 6.04. The minimum atomic E-state index is -0.104. The van der Waals surface area contributed by atoms with E-state index in [9.17, 15) is 4.39 Å². The molecule has 0 unspecified atom stereocenters. The van der Waals surface area contributed by atoms with E-state index in [0.29, 0.717) is 5.56 Å². The number of halogens is 1. The molecule has 94 valence electrons. The molecule has 0 atom stereocenters. The second-order valence-electron chi connectivity index (χ2n) is 5.01. The summed E-state index contributed by atoms with van der Waals surface area (Å²) in [5.41, 5.74) is 5.74. The van der Waals surface area contributed by atoms with Crippen LogP contribution in [0.15, 0.2) is 36.4 Å². The molecule has 2 rings (SSSR count). The number of benzene rings is 2. The highest BCUT2D eigenvalue weighted by Crippen LogP contribution is 2.15. The first kappa shape index (κ1) is 12.8. The van der Waals surface area contributed by atoms with Gasteiger partial charge in [0.2, 0.25) is 0 Å². The molecule has 0 spiro atoms. The lowest BCUT2D eigenvalue weighted by molar-refractivity contribution is 0.616. The van der Waals surface area contributed by atoms with E-state index in [1.807, 2.05) is 12.1 Å². The molecule has 0 nitrogen and oxygen atoms in total. The van der Waals surface area contributed by atoms with Crippen molar-refractivity contribution < 1.29 is 4.39 Å². The van der Waals surface area contributed by atoms with Gasteiger partial charge in [-0.15, -0.1) is 0 Å². The van der Waals surface area contributed by atoms with Crippen LogP contribution in [0.2, 0.25) is 0 Å². The van der Waals surface area contributed by atoms with Crippen LogP contribution < -0.4 is 0 Å². The normalized spacial score (nSPS) is 10.7. The van der Waals surface area contributed by atoms with Crippen LogP contribution in [0.5, 0.6) is 0 Å². The molecule has 1 heteroatoms. The third-order valence-electron chi connectivity index (χ3n) is 3.42. The maximum absolute atomic E-state index is 13.4. The summed E-state index contributed by atoms with van der Waals surface area (Å²) in [5, 5.41) is 0. The molecule has 0 radical (unpaired) electrons. The maximum Gasteiger partial charge on any atom is 0.126 e. The van der Waals surface area contributed by atoms with E-state index in [4.69, 9.17) is 0 Å². The Hall–Kier alpha value is -1.63. The number of rotatable bonds is 3. The van der Waals surface area contributed by atoms with E-state index in [1.165, 1.54) is 16.7 Å². The van der Waals surface area contributed by atoms with Gasteiger partial charge >= 0.3 is 0 Å². The van der Waals surface area contributed by atoms with Crippen LogP contribution in [0.3, 0.4) is 0 Å². The van der Waals surface area contributed by atoms with Gasteiger partial charge in [-0.2, -0.15) is 0 Å². The van der Waals surface area contributed by atoms with Gasteiger partial charge in [-0.3, -0.25) is 0 Å². The van der Waals surface area contributed by atoms with Crippen molar-refractivity contribution in [3.8, 4) is 0 Å². The molecule has 0 N–H and O–H groups in total. The maximum atomic E-state index is 13.4. The van der Waals surface area contributed by atoms with Gasteiger partial charge in [-0.1, -0.05) is 35.9 Å². The Morgan fingerprint density at radius 1 is 0.833 bits per heavy atom. The van der Waals surface area contributed by atoms with Gasteiger partial charge in [0.15, 0.2) is 0 Å². The van der Waals surface area contributed by atoms with Crippen LogP contribution >= 0.6 is 0 Å². The molecule has 2 aromatic carbocycles.